The predicted octanol–water partition coefficient (Wildman–Crippen LogP) is 1.41. The van der Waals surface area contributed by atoms with Crippen LogP contribution in [0.15, 0.2) is 0 Å². The molecule has 0 aromatic heterocycles. The van der Waals surface area contributed by atoms with Crippen LogP contribution in [-0.4, -0.2) is 23.9 Å². The van der Waals surface area contributed by atoms with Crippen LogP contribution < -0.4 is 5.73 Å². The van der Waals surface area contributed by atoms with Crippen molar-refractivity contribution in [2.75, 3.05) is 6.61 Å². The van der Waals surface area contributed by atoms with Gasteiger partial charge in [-0.1, -0.05) is 0 Å². The van der Waals surface area contributed by atoms with Crippen LogP contribution in [0.25, 0.3) is 0 Å². The van der Waals surface area contributed by atoms with Crippen LogP contribution in [0.3, 0.4) is 0 Å². The van der Waals surface area contributed by atoms with E-state index in [2.05, 4.69) is 0 Å². The van der Waals surface area contributed by atoms with Gasteiger partial charge < -0.3 is 15.6 Å². The second-order valence-electron chi connectivity index (χ2n) is 3.95. The lowest BCUT2D eigenvalue weighted by molar-refractivity contribution is 0.0689. The molecule has 1 amide bonds. The fourth-order valence-electron chi connectivity index (χ4n) is 2.08. The van der Waals surface area contributed by atoms with E-state index in [0.29, 0.717) is 5.92 Å². The van der Waals surface area contributed by atoms with E-state index in [-0.39, 0.29) is 12.7 Å². The third kappa shape index (κ3) is 3.96. The number of ether oxygens (including phenoxy) is 1. The molecule has 0 aromatic rings. The van der Waals surface area contributed by atoms with Crippen molar-refractivity contribution in [1.82, 2.24) is 0 Å². The van der Waals surface area contributed by atoms with Gasteiger partial charge in [-0.3, -0.25) is 0 Å². The predicted molar refractivity (Wildman–Crippen MR) is 52.7 cm³/mol. The van der Waals surface area contributed by atoms with Gasteiger partial charge in [-0.15, -0.1) is 0 Å². The summed E-state index contributed by atoms with van der Waals surface area (Å²) in [6.45, 7) is 0.276. The average molecular weight is 201 g/mol. The van der Waals surface area contributed by atoms with E-state index in [1.54, 1.807) is 0 Å². The number of amides is 1. The Hall–Kier alpha value is -0.770. The molecule has 0 aliphatic heterocycles. The number of hydrogen-bond donors (Lipinski definition) is 2. The van der Waals surface area contributed by atoms with E-state index >= 15 is 0 Å². The van der Waals surface area contributed by atoms with Gasteiger partial charge in [0.05, 0.1) is 0 Å². The number of carbonyl (C=O) groups is 1. The fourth-order valence-corrected chi connectivity index (χ4v) is 2.08. The van der Waals surface area contributed by atoms with Gasteiger partial charge in [-0.05, 0) is 44.4 Å². The number of aliphatic hydroxyl groups excluding tert-OH is 1. The maximum atomic E-state index is 10.5. The normalized spacial score (nSPS) is 27.2. The summed E-state index contributed by atoms with van der Waals surface area (Å²) in [5.74, 6) is 0.690. The fraction of sp³-hybridized carbons (Fsp3) is 0.900. The van der Waals surface area contributed by atoms with Crippen molar-refractivity contribution in [2.45, 2.75) is 44.6 Å². The third-order valence-corrected chi connectivity index (χ3v) is 2.85. The highest BCUT2D eigenvalue weighted by atomic mass is 16.6. The molecule has 0 atom stereocenters. The molecule has 0 radical (unpaired) electrons. The molecule has 1 rings (SSSR count). The Balaban J connectivity index is 2.14. The van der Waals surface area contributed by atoms with E-state index in [1.807, 2.05) is 0 Å². The lowest BCUT2D eigenvalue weighted by atomic mass is 9.84. The van der Waals surface area contributed by atoms with Crippen molar-refractivity contribution < 1.29 is 14.6 Å². The molecule has 3 N–H and O–H groups in total. The van der Waals surface area contributed by atoms with Gasteiger partial charge in [0.15, 0.2) is 0 Å². The van der Waals surface area contributed by atoms with E-state index in [9.17, 15) is 4.79 Å². The van der Waals surface area contributed by atoms with Gasteiger partial charge in [0.25, 0.3) is 0 Å². The Labute approximate surface area is 84.4 Å². The molecule has 4 heteroatoms. The number of carbonyl (C=O) groups excluding carboxylic acids is 1. The van der Waals surface area contributed by atoms with Gasteiger partial charge in [0.2, 0.25) is 0 Å². The van der Waals surface area contributed by atoms with E-state index in [0.717, 1.165) is 38.5 Å². The van der Waals surface area contributed by atoms with Crippen molar-refractivity contribution in [3.05, 3.63) is 0 Å². The Bertz CT molecular complexity index is 176. The standard InChI is InChI=1S/C10H19NO3/c11-10(13)14-9-5-3-8(4-6-9)2-1-7-12/h8-9,12H,1-7H2,(H2,11,13)/t8-,9-. The first-order valence-electron chi connectivity index (χ1n) is 5.29. The summed E-state index contributed by atoms with van der Waals surface area (Å²) in [7, 11) is 0. The van der Waals surface area contributed by atoms with Crippen molar-refractivity contribution >= 4 is 6.09 Å². The molecule has 14 heavy (non-hydrogen) atoms. The summed E-state index contributed by atoms with van der Waals surface area (Å²) in [5, 5.41) is 8.68. The van der Waals surface area contributed by atoms with Crippen molar-refractivity contribution in [3.63, 3.8) is 0 Å². The van der Waals surface area contributed by atoms with Crippen LogP contribution >= 0.6 is 0 Å². The third-order valence-electron chi connectivity index (χ3n) is 2.85. The number of primary amides is 1. The lowest BCUT2D eigenvalue weighted by Crippen LogP contribution is -2.27. The van der Waals surface area contributed by atoms with Gasteiger partial charge in [0.1, 0.15) is 6.10 Å². The zero-order chi connectivity index (χ0) is 10.4. The lowest BCUT2D eigenvalue weighted by Gasteiger charge is -2.27. The largest absolute Gasteiger partial charge is 0.446 e. The molecule has 1 aliphatic rings. The SMILES string of the molecule is NC(=O)O[C@H]1CC[C@H](CCCO)CC1. The molecule has 0 aromatic carbocycles. The molecular formula is C10H19NO3. The van der Waals surface area contributed by atoms with Crippen LogP contribution in [0.2, 0.25) is 0 Å². The Morgan fingerprint density at radius 3 is 2.50 bits per heavy atom. The van der Waals surface area contributed by atoms with Crippen LogP contribution in [0, 0.1) is 5.92 Å². The highest BCUT2D eigenvalue weighted by Crippen LogP contribution is 2.29. The summed E-state index contributed by atoms with van der Waals surface area (Å²) in [5.41, 5.74) is 4.94. The molecule has 1 aliphatic carbocycles. The number of rotatable bonds is 4. The zero-order valence-corrected chi connectivity index (χ0v) is 8.45. The van der Waals surface area contributed by atoms with Crippen molar-refractivity contribution in [3.8, 4) is 0 Å². The van der Waals surface area contributed by atoms with Crippen LogP contribution in [0.5, 0.6) is 0 Å². The summed E-state index contributed by atoms with van der Waals surface area (Å²) in [4.78, 5) is 10.5. The first-order valence-corrected chi connectivity index (χ1v) is 5.29. The number of hydrogen-bond acceptors (Lipinski definition) is 3. The molecule has 0 spiro atoms. The van der Waals surface area contributed by atoms with E-state index < -0.39 is 6.09 Å². The Morgan fingerprint density at radius 1 is 1.36 bits per heavy atom. The molecule has 82 valence electrons. The van der Waals surface area contributed by atoms with Crippen LogP contribution in [-0.2, 0) is 4.74 Å². The van der Waals surface area contributed by atoms with E-state index in [1.165, 1.54) is 0 Å². The average Bonchev–Trinajstić information content (AvgIpc) is 2.16. The van der Waals surface area contributed by atoms with Crippen molar-refractivity contribution in [1.29, 1.82) is 0 Å². The summed E-state index contributed by atoms with van der Waals surface area (Å²) >= 11 is 0. The number of aliphatic hydroxyl groups is 1. The summed E-state index contributed by atoms with van der Waals surface area (Å²) in [6.07, 6.45) is 5.32. The molecule has 4 nitrogen and oxygen atoms in total. The topological polar surface area (TPSA) is 72.6 Å². The maximum absolute atomic E-state index is 10.5. The van der Waals surface area contributed by atoms with Gasteiger partial charge in [-0.2, -0.15) is 0 Å². The second kappa shape index (κ2) is 5.86. The molecule has 0 unspecified atom stereocenters. The first kappa shape index (κ1) is 11.3. The Morgan fingerprint density at radius 2 is 2.00 bits per heavy atom. The zero-order valence-electron chi connectivity index (χ0n) is 8.45. The monoisotopic (exact) mass is 201 g/mol. The molecule has 0 heterocycles. The first-order chi connectivity index (χ1) is 6.72. The minimum absolute atomic E-state index is 0.0258. The van der Waals surface area contributed by atoms with Crippen LogP contribution in [0.1, 0.15) is 38.5 Å². The number of nitrogens with two attached hydrogens (primary N) is 1. The second-order valence-corrected chi connectivity index (χ2v) is 3.95. The molecule has 1 fully saturated rings. The van der Waals surface area contributed by atoms with Gasteiger partial charge >= 0.3 is 6.09 Å². The van der Waals surface area contributed by atoms with Gasteiger partial charge in [0, 0.05) is 6.61 Å². The van der Waals surface area contributed by atoms with Crippen molar-refractivity contribution in [2.24, 2.45) is 11.7 Å². The Kier molecular flexibility index (Phi) is 4.73. The highest BCUT2D eigenvalue weighted by molar-refractivity contribution is 5.64. The minimum atomic E-state index is -0.663. The van der Waals surface area contributed by atoms with E-state index in [4.69, 9.17) is 15.6 Å². The summed E-state index contributed by atoms with van der Waals surface area (Å²) in [6, 6.07) is 0. The molecular weight excluding hydrogens is 182 g/mol. The smallest absolute Gasteiger partial charge is 0.404 e. The molecule has 0 saturated heterocycles. The highest BCUT2D eigenvalue weighted by Gasteiger charge is 2.22. The van der Waals surface area contributed by atoms with Gasteiger partial charge in [-0.25, -0.2) is 4.79 Å². The minimum Gasteiger partial charge on any atom is -0.446 e. The molecule has 1 saturated carbocycles. The summed E-state index contributed by atoms with van der Waals surface area (Å²) < 4.78 is 4.93. The molecule has 0 bridgehead atoms. The maximum Gasteiger partial charge on any atom is 0.404 e. The van der Waals surface area contributed by atoms with Crippen LogP contribution in [0.4, 0.5) is 4.79 Å². The quantitative estimate of drug-likeness (QED) is 0.722.